The molecule has 3 aromatic rings. The average molecular weight is 414 g/mol. The van der Waals surface area contributed by atoms with Gasteiger partial charge < -0.3 is 14.5 Å². The van der Waals surface area contributed by atoms with Gasteiger partial charge in [0, 0.05) is 43.4 Å². The third kappa shape index (κ3) is 4.43. The summed E-state index contributed by atoms with van der Waals surface area (Å²) in [5.74, 6) is 0.229. The Morgan fingerprint density at radius 3 is 2.72 bits per heavy atom. The Morgan fingerprint density at radius 2 is 1.90 bits per heavy atom. The van der Waals surface area contributed by atoms with Crippen LogP contribution in [0.2, 0.25) is 5.02 Å². The second-order valence-corrected chi connectivity index (χ2v) is 7.34. The van der Waals surface area contributed by atoms with E-state index in [9.17, 15) is 9.18 Å². The summed E-state index contributed by atoms with van der Waals surface area (Å²) in [5, 5.41) is 1.39. The van der Waals surface area contributed by atoms with Crippen LogP contribution in [0.25, 0.3) is 10.9 Å². The molecule has 2 heterocycles. The predicted octanol–water partition coefficient (Wildman–Crippen LogP) is 4.15. The topological polar surface area (TPSA) is 45.7 Å². The molecule has 0 aliphatic carbocycles. The van der Waals surface area contributed by atoms with E-state index in [1.165, 1.54) is 12.1 Å². The molecule has 150 valence electrons. The van der Waals surface area contributed by atoms with Crippen molar-refractivity contribution in [1.82, 2.24) is 9.88 Å². The van der Waals surface area contributed by atoms with Gasteiger partial charge in [0.25, 0.3) is 5.91 Å². The lowest BCUT2D eigenvalue weighted by atomic mass is 10.2. The Hall–Kier alpha value is -2.86. The summed E-state index contributed by atoms with van der Waals surface area (Å²) in [6.45, 7) is 2.73. The molecule has 0 atom stereocenters. The number of ether oxygens (including phenoxy) is 1. The molecular weight excluding hydrogens is 393 g/mol. The van der Waals surface area contributed by atoms with Crippen molar-refractivity contribution in [3.05, 3.63) is 65.6 Å². The van der Waals surface area contributed by atoms with Gasteiger partial charge in [-0.25, -0.2) is 4.39 Å². The first-order valence-electron chi connectivity index (χ1n) is 9.56. The molecular formula is C22H21ClFN3O2. The molecule has 1 aliphatic heterocycles. The highest BCUT2D eigenvalue weighted by Gasteiger charge is 2.20. The van der Waals surface area contributed by atoms with Crippen LogP contribution in [0.4, 0.5) is 10.1 Å². The summed E-state index contributed by atoms with van der Waals surface area (Å²) in [7, 11) is 0. The van der Waals surface area contributed by atoms with Gasteiger partial charge in [-0.05, 0) is 55.0 Å². The van der Waals surface area contributed by atoms with Gasteiger partial charge >= 0.3 is 0 Å². The summed E-state index contributed by atoms with van der Waals surface area (Å²) in [6, 6.07) is 13.6. The number of pyridine rings is 1. The highest BCUT2D eigenvalue weighted by molar-refractivity contribution is 6.35. The molecule has 0 N–H and O–H groups in total. The normalized spacial score (nSPS) is 14.7. The van der Waals surface area contributed by atoms with Crippen LogP contribution < -0.4 is 9.64 Å². The Labute approximate surface area is 173 Å². The maximum Gasteiger partial charge on any atom is 0.260 e. The molecule has 4 rings (SSSR count). The first-order chi connectivity index (χ1) is 14.1. The molecule has 0 saturated carbocycles. The smallest absolute Gasteiger partial charge is 0.260 e. The first kappa shape index (κ1) is 19.5. The van der Waals surface area contributed by atoms with Gasteiger partial charge in [-0.2, -0.15) is 0 Å². The van der Waals surface area contributed by atoms with E-state index in [2.05, 4.69) is 9.88 Å². The lowest BCUT2D eigenvalue weighted by molar-refractivity contribution is -0.133. The van der Waals surface area contributed by atoms with Gasteiger partial charge in [-0.1, -0.05) is 11.6 Å². The lowest BCUT2D eigenvalue weighted by Crippen LogP contribution is -2.38. The van der Waals surface area contributed by atoms with Crippen molar-refractivity contribution in [3.63, 3.8) is 0 Å². The summed E-state index contributed by atoms with van der Waals surface area (Å²) >= 11 is 6.21. The quantitative estimate of drug-likeness (QED) is 0.644. The minimum absolute atomic E-state index is 0.0517. The van der Waals surface area contributed by atoms with Crippen LogP contribution in [0.5, 0.6) is 5.75 Å². The first-order valence-corrected chi connectivity index (χ1v) is 9.94. The fourth-order valence-electron chi connectivity index (χ4n) is 3.54. The van der Waals surface area contributed by atoms with Crippen LogP contribution in [0.15, 0.2) is 54.7 Å². The molecule has 1 aromatic heterocycles. The zero-order chi connectivity index (χ0) is 20.2. The van der Waals surface area contributed by atoms with E-state index in [1.54, 1.807) is 30.5 Å². The zero-order valence-corrected chi connectivity index (χ0v) is 16.6. The third-order valence-electron chi connectivity index (χ3n) is 5.07. The number of hydrogen-bond donors (Lipinski definition) is 0. The molecule has 1 fully saturated rings. The number of carbonyl (C=O) groups is 1. The number of aromatic nitrogens is 1. The number of benzene rings is 2. The van der Waals surface area contributed by atoms with Crippen molar-refractivity contribution in [2.75, 3.05) is 37.7 Å². The van der Waals surface area contributed by atoms with E-state index >= 15 is 0 Å². The predicted molar refractivity (Wildman–Crippen MR) is 112 cm³/mol. The Kier molecular flexibility index (Phi) is 5.81. The van der Waals surface area contributed by atoms with Gasteiger partial charge in [0.1, 0.15) is 17.1 Å². The lowest BCUT2D eigenvalue weighted by Gasteiger charge is -2.23. The molecule has 0 bridgehead atoms. The number of carbonyl (C=O) groups excluding carboxylic acids is 1. The number of amides is 1. The van der Waals surface area contributed by atoms with Crippen molar-refractivity contribution in [1.29, 1.82) is 0 Å². The van der Waals surface area contributed by atoms with Crippen molar-refractivity contribution in [2.24, 2.45) is 0 Å². The SMILES string of the molecule is O=C(COc1ccc(Cl)c2cccnc12)N1CCCN(c2ccc(F)cc2)CC1. The standard InChI is InChI=1S/C22H21ClFN3O2/c23-19-8-9-20(22-18(19)3-1-10-25-22)29-15-21(28)27-12-2-11-26(13-14-27)17-6-4-16(24)5-7-17/h1,3-10H,2,11-15H2. The third-order valence-corrected chi connectivity index (χ3v) is 5.40. The monoisotopic (exact) mass is 413 g/mol. The van der Waals surface area contributed by atoms with Crippen LogP contribution in [-0.2, 0) is 4.79 Å². The van der Waals surface area contributed by atoms with Gasteiger partial charge in [-0.15, -0.1) is 0 Å². The van der Waals surface area contributed by atoms with Crippen LogP contribution in [0.1, 0.15) is 6.42 Å². The number of nitrogens with zero attached hydrogens (tertiary/aromatic N) is 3. The summed E-state index contributed by atoms with van der Waals surface area (Å²) < 4.78 is 18.9. The number of fused-ring (bicyclic) bond motifs is 1. The minimum atomic E-state index is -0.248. The molecule has 0 spiro atoms. The van der Waals surface area contributed by atoms with E-state index in [0.29, 0.717) is 35.9 Å². The average Bonchev–Trinajstić information content (AvgIpc) is 3.00. The molecule has 2 aromatic carbocycles. The number of anilines is 1. The Bertz CT molecular complexity index is 1010. The second kappa shape index (κ2) is 8.66. The van der Waals surface area contributed by atoms with Crippen molar-refractivity contribution in [2.45, 2.75) is 6.42 Å². The van der Waals surface area contributed by atoms with Crippen molar-refractivity contribution in [3.8, 4) is 5.75 Å². The van der Waals surface area contributed by atoms with E-state index in [1.807, 2.05) is 17.0 Å². The van der Waals surface area contributed by atoms with Crippen LogP contribution in [0, 0.1) is 5.82 Å². The highest BCUT2D eigenvalue weighted by atomic mass is 35.5. The van der Waals surface area contributed by atoms with E-state index in [0.717, 1.165) is 24.0 Å². The van der Waals surface area contributed by atoms with Crippen molar-refractivity contribution < 1.29 is 13.9 Å². The molecule has 5 nitrogen and oxygen atoms in total. The van der Waals surface area contributed by atoms with Crippen LogP contribution >= 0.6 is 11.6 Å². The van der Waals surface area contributed by atoms with E-state index in [4.69, 9.17) is 16.3 Å². The molecule has 1 aliphatic rings. The highest BCUT2D eigenvalue weighted by Crippen LogP contribution is 2.29. The van der Waals surface area contributed by atoms with Gasteiger partial charge in [0.15, 0.2) is 6.61 Å². The number of hydrogen-bond acceptors (Lipinski definition) is 4. The fraction of sp³-hybridized carbons (Fsp3) is 0.273. The maximum atomic E-state index is 13.1. The summed E-state index contributed by atoms with van der Waals surface area (Å²) in [5.41, 5.74) is 1.61. The van der Waals surface area contributed by atoms with E-state index < -0.39 is 0 Å². The van der Waals surface area contributed by atoms with Crippen LogP contribution in [-0.4, -0.2) is 48.6 Å². The number of rotatable bonds is 4. The number of halogens is 2. The zero-order valence-electron chi connectivity index (χ0n) is 15.9. The van der Waals surface area contributed by atoms with E-state index in [-0.39, 0.29) is 18.3 Å². The summed E-state index contributed by atoms with van der Waals surface area (Å²) in [6.07, 6.45) is 2.51. The van der Waals surface area contributed by atoms with Gasteiger partial charge in [0.2, 0.25) is 0 Å². The molecule has 1 amide bonds. The van der Waals surface area contributed by atoms with Gasteiger partial charge in [0.05, 0.1) is 5.02 Å². The Morgan fingerprint density at radius 1 is 1.07 bits per heavy atom. The van der Waals surface area contributed by atoms with Crippen molar-refractivity contribution >= 4 is 34.1 Å². The largest absolute Gasteiger partial charge is 0.481 e. The molecule has 7 heteroatoms. The Balaban J connectivity index is 1.38. The van der Waals surface area contributed by atoms with Crippen LogP contribution in [0.3, 0.4) is 0 Å². The second-order valence-electron chi connectivity index (χ2n) is 6.93. The fourth-order valence-corrected chi connectivity index (χ4v) is 3.75. The molecule has 0 unspecified atom stereocenters. The molecule has 0 radical (unpaired) electrons. The summed E-state index contributed by atoms with van der Waals surface area (Å²) in [4.78, 5) is 21.0. The molecule has 29 heavy (non-hydrogen) atoms. The molecule has 1 saturated heterocycles. The maximum absolute atomic E-state index is 13.1. The van der Waals surface area contributed by atoms with Gasteiger partial charge in [-0.3, -0.25) is 9.78 Å². The minimum Gasteiger partial charge on any atom is -0.481 e.